The lowest BCUT2D eigenvalue weighted by Crippen LogP contribution is -2.49. The predicted molar refractivity (Wildman–Crippen MR) is 73.0 cm³/mol. The van der Waals surface area contributed by atoms with E-state index in [9.17, 15) is 4.79 Å². The molecule has 4 rings (SSSR count). The van der Waals surface area contributed by atoms with Crippen LogP contribution in [0, 0.1) is 0 Å². The van der Waals surface area contributed by atoms with Crippen molar-refractivity contribution in [1.29, 1.82) is 0 Å². The van der Waals surface area contributed by atoms with E-state index in [2.05, 4.69) is 21.6 Å². The Hall–Kier alpha value is -2.23. The zero-order valence-corrected chi connectivity index (χ0v) is 10.6. The molecular weight excluding hydrogens is 238 g/mol. The Morgan fingerprint density at radius 2 is 1.74 bits per heavy atom. The van der Waals surface area contributed by atoms with E-state index in [4.69, 9.17) is 0 Å². The van der Waals surface area contributed by atoms with Gasteiger partial charge in [0.15, 0.2) is 0 Å². The smallest absolute Gasteiger partial charge is 0.272 e. The van der Waals surface area contributed by atoms with Crippen LogP contribution < -0.4 is 4.90 Å². The molecule has 2 aromatic rings. The summed E-state index contributed by atoms with van der Waals surface area (Å²) >= 11 is 0. The van der Waals surface area contributed by atoms with Crippen molar-refractivity contribution in [2.75, 3.05) is 18.0 Å². The molecule has 1 aromatic heterocycles. The largest absolute Gasteiger partial charge is 0.348 e. The second kappa shape index (κ2) is 3.88. The highest BCUT2D eigenvalue weighted by Gasteiger charge is 2.40. The molecule has 4 heteroatoms. The van der Waals surface area contributed by atoms with Crippen molar-refractivity contribution < 1.29 is 4.79 Å². The summed E-state index contributed by atoms with van der Waals surface area (Å²) in [5, 5.41) is 0. The summed E-state index contributed by atoms with van der Waals surface area (Å²) in [6, 6.07) is 14.2. The van der Waals surface area contributed by atoms with Gasteiger partial charge in [-0.25, -0.2) is 0 Å². The maximum absolute atomic E-state index is 12.4. The number of rotatable bonds is 1. The first kappa shape index (κ1) is 10.7. The van der Waals surface area contributed by atoms with Crippen LogP contribution in [0.3, 0.4) is 0 Å². The van der Waals surface area contributed by atoms with Crippen LogP contribution in [-0.4, -0.2) is 34.6 Å². The molecule has 19 heavy (non-hydrogen) atoms. The molecular formula is C15H15N3O. The third kappa shape index (κ3) is 1.49. The standard InChI is InChI=1S/C15H15N3O/c19-15-13-7-4-8-16(13)11-14-17(9-10-18(14)15)12-5-2-1-3-6-12/h1-8,14H,9-11H2. The van der Waals surface area contributed by atoms with E-state index in [1.807, 2.05) is 41.4 Å². The SMILES string of the molecule is O=C1c2cccn2CC2N1CCN2c1ccccc1. The Labute approximate surface area is 111 Å². The molecule has 1 unspecified atom stereocenters. The van der Waals surface area contributed by atoms with Gasteiger partial charge in [0.1, 0.15) is 11.9 Å². The van der Waals surface area contributed by atoms with E-state index in [-0.39, 0.29) is 12.1 Å². The molecule has 0 saturated carbocycles. The van der Waals surface area contributed by atoms with Gasteiger partial charge in [0.2, 0.25) is 0 Å². The highest BCUT2D eigenvalue weighted by molar-refractivity contribution is 5.94. The van der Waals surface area contributed by atoms with Crippen LogP contribution in [0.15, 0.2) is 48.7 Å². The number of benzene rings is 1. The minimum Gasteiger partial charge on any atom is -0.348 e. The van der Waals surface area contributed by atoms with Gasteiger partial charge in [-0.05, 0) is 24.3 Å². The Morgan fingerprint density at radius 3 is 2.58 bits per heavy atom. The first-order chi connectivity index (χ1) is 9.34. The summed E-state index contributed by atoms with van der Waals surface area (Å²) in [6.07, 6.45) is 2.14. The fourth-order valence-electron chi connectivity index (χ4n) is 3.13. The maximum Gasteiger partial charge on any atom is 0.272 e. The summed E-state index contributed by atoms with van der Waals surface area (Å²) in [5.74, 6) is 0.152. The number of carbonyl (C=O) groups is 1. The van der Waals surface area contributed by atoms with Gasteiger partial charge in [-0.15, -0.1) is 0 Å². The lowest BCUT2D eigenvalue weighted by molar-refractivity contribution is 0.0671. The van der Waals surface area contributed by atoms with Crippen LogP contribution in [0.1, 0.15) is 10.5 Å². The Bertz CT molecular complexity index is 619. The molecule has 0 radical (unpaired) electrons. The number of para-hydroxylation sites is 1. The van der Waals surface area contributed by atoms with E-state index >= 15 is 0 Å². The molecule has 2 aliphatic rings. The van der Waals surface area contributed by atoms with E-state index < -0.39 is 0 Å². The second-order valence-electron chi connectivity index (χ2n) is 5.05. The number of fused-ring (bicyclic) bond motifs is 2. The summed E-state index contributed by atoms with van der Waals surface area (Å²) in [5.41, 5.74) is 2.00. The average Bonchev–Trinajstić information content (AvgIpc) is 3.07. The Morgan fingerprint density at radius 1 is 0.947 bits per heavy atom. The molecule has 1 fully saturated rings. The van der Waals surface area contributed by atoms with Gasteiger partial charge in [0, 0.05) is 25.0 Å². The third-order valence-corrected chi connectivity index (χ3v) is 4.06. The zero-order valence-electron chi connectivity index (χ0n) is 10.6. The molecule has 1 aromatic carbocycles. The molecule has 4 nitrogen and oxygen atoms in total. The second-order valence-corrected chi connectivity index (χ2v) is 5.05. The highest BCUT2D eigenvalue weighted by atomic mass is 16.2. The highest BCUT2D eigenvalue weighted by Crippen LogP contribution is 2.29. The molecule has 0 spiro atoms. The molecule has 1 amide bonds. The average molecular weight is 253 g/mol. The fraction of sp³-hybridized carbons (Fsp3) is 0.267. The van der Waals surface area contributed by atoms with Crippen molar-refractivity contribution in [2.24, 2.45) is 0 Å². The first-order valence-electron chi connectivity index (χ1n) is 6.62. The predicted octanol–water partition coefficient (Wildman–Crippen LogP) is 1.79. The van der Waals surface area contributed by atoms with Crippen LogP contribution in [0.5, 0.6) is 0 Å². The Kier molecular flexibility index (Phi) is 2.18. The quantitative estimate of drug-likeness (QED) is 0.775. The number of hydrogen-bond donors (Lipinski definition) is 0. The topological polar surface area (TPSA) is 28.5 Å². The van der Waals surface area contributed by atoms with Crippen LogP contribution in [-0.2, 0) is 6.54 Å². The Balaban J connectivity index is 1.72. The molecule has 0 N–H and O–H groups in total. The molecule has 0 aliphatic carbocycles. The zero-order chi connectivity index (χ0) is 12.8. The number of nitrogens with zero attached hydrogens (tertiary/aromatic N) is 3. The summed E-state index contributed by atoms with van der Waals surface area (Å²) in [7, 11) is 0. The van der Waals surface area contributed by atoms with Crippen LogP contribution in [0.25, 0.3) is 0 Å². The molecule has 1 atom stereocenters. The van der Waals surface area contributed by atoms with Gasteiger partial charge in [0.05, 0.1) is 6.54 Å². The molecule has 0 bridgehead atoms. The van der Waals surface area contributed by atoms with E-state index in [1.54, 1.807) is 0 Å². The van der Waals surface area contributed by atoms with Gasteiger partial charge in [-0.3, -0.25) is 4.79 Å². The monoisotopic (exact) mass is 253 g/mol. The van der Waals surface area contributed by atoms with Gasteiger partial charge in [-0.1, -0.05) is 18.2 Å². The summed E-state index contributed by atoms with van der Waals surface area (Å²) < 4.78 is 2.06. The van der Waals surface area contributed by atoms with E-state index in [0.717, 1.165) is 25.3 Å². The lowest BCUT2D eigenvalue weighted by Gasteiger charge is -2.35. The summed E-state index contributed by atoms with van der Waals surface area (Å²) in [6.45, 7) is 2.57. The number of anilines is 1. The van der Waals surface area contributed by atoms with Gasteiger partial charge >= 0.3 is 0 Å². The van der Waals surface area contributed by atoms with Crippen LogP contribution in [0.2, 0.25) is 0 Å². The summed E-state index contributed by atoms with van der Waals surface area (Å²) in [4.78, 5) is 16.7. The van der Waals surface area contributed by atoms with Gasteiger partial charge in [-0.2, -0.15) is 0 Å². The van der Waals surface area contributed by atoms with Crippen molar-refractivity contribution in [3.8, 4) is 0 Å². The molecule has 2 aliphatic heterocycles. The van der Waals surface area contributed by atoms with Crippen molar-refractivity contribution in [3.05, 3.63) is 54.4 Å². The number of carbonyl (C=O) groups excluding carboxylic acids is 1. The first-order valence-corrected chi connectivity index (χ1v) is 6.62. The third-order valence-electron chi connectivity index (χ3n) is 4.06. The molecule has 3 heterocycles. The van der Waals surface area contributed by atoms with Gasteiger partial charge in [0.25, 0.3) is 5.91 Å². The van der Waals surface area contributed by atoms with Crippen LogP contribution in [0.4, 0.5) is 5.69 Å². The van der Waals surface area contributed by atoms with Crippen molar-refractivity contribution in [1.82, 2.24) is 9.47 Å². The fourth-order valence-corrected chi connectivity index (χ4v) is 3.13. The number of aromatic nitrogens is 1. The molecule has 1 saturated heterocycles. The minimum absolute atomic E-state index is 0.148. The van der Waals surface area contributed by atoms with Crippen LogP contribution >= 0.6 is 0 Å². The minimum atomic E-state index is 0.148. The lowest BCUT2D eigenvalue weighted by atomic mass is 10.2. The number of amides is 1. The maximum atomic E-state index is 12.4. The van der Waals surface area contributed by atoms with Crippen molar-refractivity contribution in [3.63, 3.8) is 0 Å². The van der Waals surface area contributed by atoms with E-state index in [1.165, 1.54) is 5.69 Å². The number of hydrogen-bond acceptors (Lipinski definition) is 2. The van der Waals surface area contributed by atoms with Crippen molar-refractivity contribution in [2.45, 2.75) is 12.7 Å². The van der Waals surface area contributed by atoms with E-state index in [0.29, 0.717) is 0 Å². The normalized spacial score (nSPS) is 21.5. The van der Waals surface area contributed by atoms with Gasteiger partial charge < -0.3 is 14.4 Å². The van der Waals surface area contributed by atoms with Crippen molar-refractivity contribution >= 4 is 11.6 Å². The molecule has 96 valence electrons.